The van der Waals surface area contributed by atoms with Crippen molar-refractivity contribution in [1.82, 2.24) is 9.88 Å². The molecular formula is C24H21N5O5. The number of non-ortho nitro benzene ring substituents is 1. The van der Waals surface area contributed by atoms with E-state index in [0.717, 1.165) is 5.56 Å². The molecule has 172 valence electrons. The van der Waals surface area contributed by atoms with Crippen molar-refractivity contribution in [2.75, 3.05) is 38.2 Å². The predicted octanol–water partition coefficient (Wildman–Crippen LogP) is 3.60. The summed E-state index contributed by atoms with van der Waals surface area (Å²) >= 11 is 0. The molecule has 1 saturated heterocycles. The summed E-state index contributed by atoms with van der Waals surface area (Å²) in [5.74, 6) is 1.02. The van der Waals surface area contributed by atoms with Gasteiger partial charge in [0, 0.05) is 44.4 Å². The van der Waals surface area contributed by atoms with E-state index in [0.29, 0.717) is 43.4 Å². The second-order valence-corrected chi connectivity index (χ2v) is 7.48. The molecule has 0 spiro atoms. The molecule has 10 nitrogen and oxygen atoms in total. The molecule has 0 saturated carbocycles. The van der Waals surface area contributed by atoms with Gasteiger partial charge in [-0.15, -0.1) is 0 Å². The minimum absolute atomic E-state index is 0.00524. The summed E-state index contributed by atoms with van der Waals surface area (Å²) in [4.78, 5) is 31.1. The first-order valence-corrected chi connectivity index (χ1v) is 10.5. The summed E-state index contributed by atoms with van der Waals surface area (Å²) in [6, 6.07) is 15.2. The number of hydrogen-bond donors (Lipinski definition) is 0. The lowest BCUT2D eigenvalue weighted by Crippen LogP contribution is -2.49. The Hall–Kier alpha value is -4.65. The summed E-state index contributed by atoms with van der Waals surface area (Å²) < 4.78 is 11.1. The predicted molar refractivity (Wildman–Crippen MR) is 124 cm³/mol. The van der Waals surface area contributed by atoms with E-state index in [2.05, 4.69) is 11.1 Å². The Morgan fingerprint density at radius 2 is 1.85 bits per heavy atom. The van der Waals surface area contributed by atoms with Crippen LogP contribution in [0.1, 0.15) is 27.5 Å². The van der Waals surface area contributed by atoms with Crippen molar-refractivity contribution in [1.29, 1.82) is 5.26 Å². The zero-order chi connectivity index (χ0) is 24.1. The summed E-state index contributed by atoms with van der Waals surface area (Å²) in [5, 5.41) is 20.3. The average molecular weight is 459 g/mol. The zero-order valence-corrected chi connectivity index (χ0v) is 18.4. The molecule has 4 rings (SSSR count). The third-order valence-corrected chi connectivity index (χ3v) is 5.45. The van der Waals surface area contributed by atoms with E-state index in [-0.39, 0.29) is 23.2 Å². The molecule has 3 aromatic rings. The van der Waals surface area contributed by atoms with E-state index in [4.69, 9.17) is 9.15 Å². The highest BCUT2D eigenvalue weighted by atomic mass is 16.6. The Morgan fingerprint density at radius 1 is 1.15 bits per heavy atom. The lowest BCUT2D eigenvalue weighted by atomic mass is 10.1. The maximum Gasteiger partial charge on any atom is 0.269 e. The fraction of sp³-hybridized carbons (Fsp3) is 0.208. The highest BCUT2D eigenvalue weighted by molar-refractivity contribution is 5.97. The molecular weight excluding hydrogens is 438 g/mol. The van der Waals surface area contributed by atoms with Crippen molar-refractivity contribution in [2.24, 2.45) is 0 Å². The van der Waals surface area contributed by atoms with Crippen LogP contribution in [0.5, 0.6) is 5.75 Å². The van der Waals surface area contributed by atoms with Crippen LogP contribution >= 0.6 is 0 Å². The van der Waals surface area contributed by atoms with Gasteiger partial charge in [0.15, 0.2) is 0 Å². The van der Waals surface area contributed by atoms with E-state index in [9.17, 15) is 20.2 Å². The largest absolute Gasteiger partial charge is 0.496 e. The Morgan fingerprint density at radius 3 is 2.50 bits per heavy atom. The number of piperazine rings is 1. The third-order valence-electron chi connectivity index (χ3n) is 5.45. The summed E-state index contributed by atoms with van der Waals surface area (Å²) in [6.45, 7) is 1.87. The lowest BCUT2D eigenvalue weighted by Gasteiger charge is -2.34. The number of anilines is 1. The molecule has 0 atom stereocenters. The molecule has 34 heavy (non-hydrogen) atoms. The molecule has 1 fully saturated rings. The standard InChI is InChI=1S/C24H21N5O5/c1-33-21-5-3-2-4-19(21)23(30)27-12-14-28(15-13-27)24-20(16-25)26-22(34-24)11-8-17-6-9-18(10-7-17)29(31)32/h2-11H,12-15H2,1H3/b11-8+. The number of nitro benzene ring substituents is 1. The van der Waals surface area contributed by atoms with Gasteiger partial charge in [0.25, 0.3) is 11.6 Å². The average Bonchev–Trinajstić information content (AvgIpc) is 3.30. The summed E-state index contributed by atoms with van der Waals surface area (Å²) in [6.07, 6.45) is 3.30. The minimum Gasteiger partial charge on any atom is -0.496 e. The van der Waals surface area contributed by atoms with Crippen molar-refractivity contribution in [3.63, 3.8) is 0 Å². The first-order chi connectivity index (χ1) is 16.5. The first-order valence-electron chi connectivity index (χ1n) is 10.5. The van der Waals surface area contributed by atoms with Gasteiger partial charge >= 0.3 is 0 Å². The zero-order valence-electron chi connectivity index (χ0n) is 18.4. The highest BCUT2D eigenvalue weighted by Crippen LogP contribution is 2.26. The van der Waals surface area contributed by atoms with E-state index in [1.165, 1.54) is 19.2 Å². The number of methoxy groups -OCH3 is 1. The summed E-state index contributed by atoms with van der Waals surface area (Å²) in [5.41, 5.74) is 1.40. The van der Waals surface area contributed by atoms with Gasteiger partial charge in [0.05, 0.1) is 17.6 Å². The van der Waals surface area contributed by atoms with E-state index in [1.807, 2.05) is 11.0 Å². The fourth-order valence-electron chi connectivity index (χ4n) is 3.67. The number of rotatable bonds is 6. The van der Waals surface area contributed by atoms with Crippen molar-refractivity contribution in [3.05, 3.63) is 81.4 Å². The maximum atomic E-state index is 12.9. The van der Waals surface area contributed by atoms with Gasteiger partial charge in [-0.1, -0.05) is 12.1 Å². The number of benzene rings is 2. The van der Waals surface area contributed by atoms with E-state index < -0.39 is 4.92 Å². The molecule has 0 unspecified atom stereocenters. The van der Waals surface area contributed by atoms with Gasteiger partial charge in [0.2, 0.25) is 17.5 Å². The van der Waals surface area contributed by atoms with Gasteiger partial charge < -0.3 is 19.0 Å². The van der Waals surface area contributed by atoms with Crippen LogP contribution in [-0.2, 0) is 0 Å². The van der Waals surface area contributed by atoms with Gasteiger partial charge in [-0.3, -0.25) is 14.9 Å². The molecule has 1 aromatic heterocycles. The SMILES string of the molecule is COc1ccccc1C(=O)N1CCN(c2oc(/C=C/c3ccc([N+](=O)[O-])cc3)nc2C#N)CC1. The third kappa shape index (κ3) is 4.73. The van der Waals surface area contributed by atoms with Crippen LogP contribution in [0.4, 0.5) is 11.6 Å². The molecule has 1 aliphatic heterocycles. The van der Waals surface area contributed by atoms with Crippen LogP contribution in [0.2, 0.25) is 0 Å². The number of nitro groups is 1. The van der Waals surface area contributed by atoms with Gasteiger partial charge in [-0.2, -0.15) is 10.2 Å². The Balaban J connectivity index is 1.44. The van der Waals surface area contributed by atoms with Crippen LogP contribution in [0.15, 0.2) is 52.9 Å². The number of hydrogen-bond acceptors (Lipinski definition) is 8. The maximum absolute atomic E-state index is 12.9. The number of carbonyl (C=O) groups excluding carboxylic acids is 1. The quantitative estimate of drug-likeness (QED) is 0.404. The summed E-state index contributed by atoms with van der Waals surface area (Å²) in [7, 11) is 1.53. The van der Waals surface area contributed by atoms with Gasteiger partial charge in [0.1, 0.15) is 11.8 Å². The number of nitriles is 1. The smallest absolute Gasteiger partial charge is 0.269 e. The molecule has 0 bridgehead atoms. The van der Waals surface area contributed by atoms with Crippen LogP contribution in [0, 0.1) is 21.4 Å². The van der Waals surface area contributed by atoms with Crippen LogP contribution in [0.25, 0.3) is 12.2 Å². The second kappa shape index (κ2) is 9.87. The van der Waals surface area contributed by atoms with Crippen molar-refractivity contribution in [2.45, 2.75) is 0 Å². The van der Waals surface area contributed by atoms with Gasteiger partial charge in [-0.05, 0) is 35.9 Å². The number of ether oxygens (including phenoxy) is 1. The van der Waals surface area contributed by atoms with E-state index in [1.54, 1.807) is 47.4 Å². The Labute approximate surface area is 195 Å². The fourth-order valence-corrected chi connectivity index (χ4v) is 3.67. The molecule has 1 aliphatic rings. The number of para-hydroxylation sites is 1. The molecule has 2 aromatic carbocycles. The van der Waals surface area contributed by atoms with Crippen LogP contribution in [-0.4, -0.2) is 54.0 Å². The lowest BCUT2D eigenvalue weighted by molar-refractivity contribution is -0.384. The second-order valence-electron chi connectivity index (χ2n) is 7.48. The molecule has 10 heteroatoms. The number of oxazole rings is 1. The number of nitrogens with zero attached hydrogens (tertiary/aromatic N) is 5. The molecule has 0 aliphatic carbocycles. The monoisotopic (exact) mass is 459 g/mol. The van der Waals surface area contributed by atoms with Crippen molar-refractivity contribution < 1.29 is 18.9 Å². The normalized spacial score (nSPS) is 13.6. The molecule has 2 heterocycles. The number of carbonyl (C=O) groups is 1. The molecule has 0 radical (unpaired) electrons. The van der Waals surface area contributed by atoms with Crippen molar-refractivity contribution in [3.8, 4) is 11.8 Å². The van der Waals surface area contributed by atoms with Crippen molar-refractivity contribution >= 4 is 29.6 Å². The topological polar surface area (TPSA) is 126 Å². The number of aromatic nitrogens is 1. The Kier molecular flexibility index (Phi) is 6.54. The van der Waals surface area contributed by atoms with Crippen LogP contribution < -0.4 is 9.64 Å². The van der Waals surface area contributed by atoms with Crippen LogP contribution in [0.3, 0.4) is 0 Å². The number of amides is 1. The molecule has 0 N–H and O–H groups in total. The Bertz CT molecular complexity index is 1270. The highest BCUT2D eigenvalue weighted by Gasteiger charge is 2.27. The molecule has 1 amide bonds. The van der Waals surface area contributed by atoms with Gasteiger partial charge in [-0.25, -0.2) is 0 Å². The van der Waals surface area contributed by atoms with E-state index >= 15 is 0 Å². The first kappa shape index (κ1) is 22.5. The minimum atomic E-state index is -0.462.